The highest BCUT2D eigenvalue weighted by atomic mass is 16.4. The predicted molar refractivity (Wildman–Crippen MR) is 79.9 cm³/mol. The Bertz CT molecular complexity index is 517. The van der Waals surface area contributed by atoms with Gasteiger partial charge in [-0.3, -0.25) is 0 Å². The molecular weight excluding hydrogens is 274 g/mol. The van der Waals surface area contributed by atoms with Crippen LogP contribution in [0.25, 0.3) is 0 Å². The summed E-state index contributed by atoms with van der Waals surface area (Å²) in [6.45, 7) is 5.29. The highest BCUT2D eigenvalue weighted by Gasteiger charge is 2.10. The van der Waals surface area contributed by atoms with E-state index in [2.05, 4.69) is 29.4 Å². The molecule has 21 heavy (non-hydrogen) atoms. The van der Waals surface area contributed by atoms with E-state index in [0.29, 0.717) is 19.1 Å². The van der Waals surface area contributed by atoms with E-state index in [1.807, 2.05) is 7.05 Å². The summed E-state index contributed by atoms with van der Waals surface area (Å²) in [5.41, 5.74) is 0.117. The topological polar surface area (TPSA) is 102 Å². The van der Waals surface area contributed by atoms with Crippen LogP contribution < -0.4 is 10.6 Å². The molecule has 0 spiro atoms. The lowest BCUT2D eigenvalue weighted by molar-refractivity contribution is 0.0696. The number of phenols is 1. The van der Waals surface area contributed by atoms with Crippen LogP contribution in [0, 0.1) is 0 Å². The maximum atomic E-state index is 11.7. The van der Waals surface area contributed by atoms with Gasteiger partial charge in [0, 0.05) is 19.1 Å². The Labute approximate surface area is 123 Å². The second kappa shape index (κ2) is 7.49. The van der Waals surface area contributed by atoms with Crippen LogP contribution in [0.15, 0.2) is 18.2 Å². The summed E-state index contributed by atoms with van der Waals surface area (Å²) < 4.78 is 0. The van der Waals surface area contributed by atoms with Crippen molar-refractivity contribution < 1.29 is 19.8 Å². The van der Waals surface area contributed by atoms with E-state index >= 15 is 0 Å². The van der Waals surface area contributed by atoms with Crippen LogP contribution in [0.1, 0.15) is 24.2 Å². The van der Waals surface area contributed by atoms with Crippen LogP contribution in [0.5, 0.6) is 5.75 Å². The first-order valence-corrected chi connectivity index (χ1v) is 6.62. The Morgan fingerprint density at radius 1 is 1.33 bits per heavy atom. The zero-order valence-corrected chi connectivity index (χ0v) is 12.4. The lowest BCUT2D eigenvalue weighted by atomic mass is 10.2. The smallest absolute Gasteiger partial charge is 0.335 e. The molecule has 116 valence electrons. The second-order valence-corrected chi connectivity index (χ2v) is 4.99. The summed E-state index contributed by atoms with van der Waals surface area (Å²) in [4.78, 5) is 24.5. The normalized spacial score (nSPS) is 10.7. The van der Waals surface area contributed by atoms with E-state index in [0.717, 1.165) is 6.07 Å². The summed E-state index contributed by atoms with van der Waals surface area (Å²) in [6, 6.07) is 3.68. The summed E-state index contributed by atoms with van der Waals surface area (Å²) in [7, 11) is 1.96. The van der Waals surface area contributed by atoms with Gasteiger partial charge in [-0.1, -0.05) is 0 Å². The number of anilines is 1. The molecule has 0 atom stereocenters. The Hall–Kier alpha value is -2.28. The number of carboxylic acid groups (broad SMARTS) is 1. The number of likely N-dealkylation sites (N-methyl/N-ethyl adjacent to an activating group) is 1. The molecule has 1 rings (SSSR count). The van der Waals surface area contributed by atoms with Crippen molar-refractivity contribution >= 4 is 17.7 Å². The molecule has 0 aliphatic carbocycles. The highest BCUT2D eigenvalue weighted by molar-refractivity contribution is 5.93. The molecule has 0 saturated carbocycles. The van der Waals surface area contributed by atoms with Gasteiger partial charge < -0.3 is 25.7 Å². The van der Waals surface area contributed by atoms with E-state index in [1.54, 1.807) is 0 Å². The van der Waals surface area contributed by atoms with E-state index in [4.69, 9.17) is 5.11 Å². The van der Waals surface area contributed by atoms with Gasteiger partial charge in [-0.15, -0.1) is 0 Å². The highest BCUT2D eigenvalue weighted by Crippen LogP contribution is 2.24. The third-order valence-corrected chi connectivity index (χ3v) is 3.12. The number of rotatable bonds is 6. The average Bonchev–Trinajstić information content (AvgIpc) is 2.40. The van der Waals surface area contributed by atoms with Crippen molar-refractivity contribution in [2.24, 2.45) is 0 Å². The molecule has 4 N–H and O–H groups in total. The molecule has 0 aromatic heterocycles. The monoisotopic (exact) mass is 295 g/mol. The number of amides is 2. The Morgan fingerprint density at radius 2 is 2.00 bits per heavy atom. The van der Waals surface area contributed by atoms with Gasteiger partial charge in [-0.05, 0) is 39.1 Å². The third-order valence-electron chi connectivity index (χ3n) is 3.12. The number of phenolic OH excluding ortho intramolecular Hbond substituents is 1. The lowest BCUT2D eigenvalue weighted by Gasteiger charge is -2.21. The molecule has 0 aliphatic heterocycles. The maximum Gasteiger partial charge on any atom is 0.335 e. The van der Waals surface area contributed by atoms with Gasteiger partial charge in [0.1, 0.15) is 5.75 Å². The van der Waals surface area contributed by atoms with Gasteiger partial charge in [0.2, 0.25) is 0 Å². The van der Waals surface area contributed by atoms with Crippen molar-refractivity contribution in [2.45, 2.75) is 19.9 Å². The fourth-order valence-corrected chi connectivity index (χ4v) is 1.54. The molecule has 0 fully saturated rings. The van der Waals surface area contributed by atoms with Crippen LogP contribution in [-0.2, 0) is 0 Å². The average molecular weight is 295 g/mol. The van der Waals surface area contributed by atoms with Gasteiger partial charge in [0.05, 0.1) is 11.3 Å². The van der Waals surface area contributed by atoms with E-state index in [-0.39, 0.29) is 17.0 Å². The van der Waals surface area contributed by atoms with Crippen molar-refractivity contribution in [3.8, 4) is 5.75 Å². The molecule has 0 heterocycles. The van der Waals surface area contributed by atoms with Crippen LogP contribution in [0.4, 0.5) is 10.5 Å². The van der Waals surface area contributed by atoms with Crippen molar-refractivity contribution in [1.82, 2.24) is 10.2 Å². The van der Waals surface area contributed by atoms with Gasteiger partial charge in [0.15, 0.2) is 0 Å². The zero-order chi connectivity index (χ0) is 16.0. The zero-order valence-electron chi connectivity index (χ0n) is 12.4. The van der Waals surface area contributed by atoms with Crippen LogP contribution >= 0.6 is 0 Å². The van der Waals surface area contributed by atoms with E-state index < -0.39 is 12.0 Å². The lowest BCUT2D eigenvalue weighted by Crippen LogP contribution is -2.37. The largest absolute Gasteiger partial charge is 0.506 e. The number of benzene rings is 1. The number of hydrogen-bond donors (Lipinski definition) is 4. The number of hydrogen-bond acceptors (Lipinski definition) is 4. The molecule has 1 aromatic carbocycles. The molecule has 7 heteroatoms. The summed E-state index contributed by atoms with van der Waals surface area (Å²) >= 11 is 0. The number of urea groups is 1. The molecule has 2 amide bonds. The number of nitrogens with zero attached hydrogens (tertiary/aromatic N) is 1. The van der Waals surface area contributed by atoms with E-state index in [1.165, 1.54) is 12.1 Å². The predicted octanol–water partition coefficient (Wildman–Crippen LogP) is 1.55. The molecule has 0 aliphatic rings. The molecule has 7 nitrogen and oxygen atoms in total. The van der Waals surface area contributed by atoms with E-state index in [9.17, 15) is 14.7 Å². The molecule has 0 saturated heterocycles. The fraction of sp³-hybridized carbons (Fsp3) is 0.429. The van der Waals surface area contributed by atoms with Gasteiger partial charge in [-0.2, -0.15) is 0 Å². The van der Waals surface area contributed by atoms with Crippen molar-refractivity contribution in [3.63, 3.8) is 0 Å². The molecule has 0 radical (unpaired) electrons. The van der Waals surface area contributed by atoms with Crippen LogP contribution in [0.2, 0.25) is 0 Å². The minimum atomic E-state index is -1.14. The first-order valence-electron chi connectivity index (χ1n) is 6.62. The minimum absolute atomic E-state index is 0.0444. The minimum Gasteiger partial charge on any atom is -0.506 e. The Balaban J connectivity index is 2.50. The SMILES string of the molecule is CC(C)N(C)CCNC(=O)Nc1ccc(C(=O)O)cc1O. The third kappa shape index (κ3) is 5.31. The number of aromatic hydroxyl groups is 1. The number of aromatic carboxylic acids is 1. The summed E-state index contributed by atoms with van der Waals surface area (Å²) in [5.74, 6) is -1.43. The van der Waals surface area contributed by atoms with Crippen molar-refractivity contribution in [3.05, 3.63) is 23.8 Å². The van der Waals surface area contributed by atoms with Crippen molar-refractivity contribution in [2.75, 3.05) is 25.5 Å². The molecule has 1 aromatic rings. The van der Waals surface area contributed by atoms with Gasteiger partial charge in [0.25, 0.3) is 0 Å². The summed E-state index contributed by atoms with van der Waals surface area (Å²) in [5, 5.41) is 23.6. The Morgan fingerprint density at radius 3 is 2.52 bits per heavy atom. The number of nitrogens with one attached hydrogen (secondary N) is 2. The standard InChI is InChI=1S/C14H21N3O4/c1-9(2)17(3)7-6-15-14(21)16-11-5-4-10(13(19)20)8-12(11)18/h4-5,8-9,18H,6-7H2,1-3H3,(H,19,20)(H2,15,16,21). The molecule has 0 unspecified atom stereocenters. The number of carboxylic acids is 1. The second-order valence-electron chi connectivity index (χ2n) is 4.99. The number of carbonyl (C=O) groups excluding carboxylic acids is 1. The van der Waals surface area contributed by atoms with Crippen LogP contribution in [-0.4, -0.2) is 53.3 Å². The van der Waals surface area contributed by atoms with Gasteiger partial charge in [-0.25, -0.2) is 9.59 Å². The first kappa shape index (κ1) is 16.8. The molecular formula is C14H21N3O4. The van der Waals surface area contributed by atoms with Crippen LogP contribution in [0.3, 0.4) is 0 Å². The fourth-order valence-electron chi connectivity index (χ4n) is 1.54. The maximum absolute atomic E-state index is 11.7. The van der Waals surface area contributed by atoms with Gasteiger partial charge >= 0.3 is 12.0 Å². The summed E-state index contributed by atoms with van der Waals surface area (Å²) in [6.07, 6.45) is 0. The molecule has 0 bridgehead atoms. The first-order chi connectivity index (χ1) is 9.81. The quantitative estimate of drug-likeness (QED) is 0.596. The Kier molecular flexibility index (Phi) is 5.98. The van der Waals surface area contributed by atoms with Crippen molar-refractivity contribution in [1.29, 1.82) is 0 Å². The number of carbonyl (C=O) groups is 2.